The molecule has 2 N–H and O–H groups in total. The molecule has 0 aromatic heterocycles. The first-order chi connectivity index (χ1) is 9.93. The summed E-state index contributed by atoms with van der Waals surface area (Å²) in [7, 11) is 0. The van der Waals surface area contributed by atoms with Gasteiger partial charge in [0.2, 0.25) is 0 Å². The summed E-state index contributed by atoms with van der Waals surface area (Å²) in [6, 6.07) is 3.26. The second kappa shape index (κ2) is 7.74. The van der Waals surface area contributed by atoms with Gasteiger partial charge in [0.05, 0.1) is 0 Å². The summed E-state index contributed by atoms with van der Waals surface area (Å²) >= 11 is 0. The van der Waals surface area contributed by atoms with Crippen molar-refractivity contribution in [1.82, 2.24) is 4.90 Å². The molecule has 1 amide bonds. The number of hydrogen-bond donors (Lipinski definition) is 1. The van der Waals surface area contributed by atoms with Crippen molar-refractivity contribution >= 4 is 18.3 Å². The Balaban J connectivity index is 0.00000242. The molecule has 7 heteroatoms. The van der Waals surface area contributed by atoms with Crippen molar-refractivity contribution in [3.63, 3.8) is 0 Å². The zero-order valence-corrected chi connectivity index (χ0v) is 13.5. The maximum absolute atomic E-state index is 12.5. The van der Waals surface area contributed by atoms with E-state index in [4.69, 9.17) is 5.73 Å². The fourth-order valence-electron chi connectivity index (χ4n) is 2.86. The number of likely N-dealkylation sites (tertiary alicyclic amines) is 1. The molecule has 124 valence electrons. The van der Waals surface area contributed by atoms with Crippen molar-refractivity contribution in [3.8, 4) is 5.75 Å². The number of nitrogens with two attached hydrogens (primary N) is 1. The third-order valence-corrected chi connectivity index (χ3v) is 3.82. The number of hydrogen-bond acceptors (Lipinski definition) is 3. The van der Waals surface area contributed by atoms with E-state index in [2.05, 4.69) is 4.74 Å². The predicted molar refractivity (Wildman–Crippen MR) is 82.9 cm³/mol. The summed E-state index contributed by atoms with van der Waals surface area (Å²) in [4.78, 5) is 14.3. The Morgan fingerprint density at radius 1 is 1.41 bits per heavy atom. The number of carbonyl (C=O) groups excluding carboxylic acids is 1. The van der Waals surface area contributed by atoms with Crippen molar-refractivity contribution in [2.75, 3.05) is 13.1 Å². The van der Waals surface area contributed by atoms with Crippen molar-refractivity contribution in [3.05, 3.63) is 28.8 Å². The number of halogens is 3. The zero-order chi connectivity index (χ0) is 15.6. The lowest BCUT2D eigenvalue weighted by Gasteiger charge is -2.24. The van der Waals surface area contributed by atoms with Gasteiger partial charge in [0.25, 0.3) is 5.91 Å². The maximum atomic E-state index is 12.5. The fourth-order valence-corrected chi connectivity index (χ4v) is 2.86. The Labute approximate surface area is 135 Å². The Hall–Kier alpha value is -1.40. The number of ether oxygens (including phenoxy) is 1. The van der Waals surface area contributed by atoms with Crippen molar-refractivity contribution in [1.29, 1.82) is 0 Å². The molecule has 1 saturated heterocycles. The molecule has 0 bridgehead atoms. The first-order valence-electron chi connectivity index (χ1n) is 7.01. The predicted octanol–water partition coefficient (Wildman–Crippen LogP) is 2.89. The minimum atomic E-state index is -2.87. The molecule has 1 aliphatic heterocycles. The summed E-state index contributed by atoms with van der Waals surface area (Å²) in [6.45, 7) is 1.58. The molecule has 1 heterocycles. The van der Waals surface area contributed by atoms with Crippen LogP contribution in [0.4, 0.5) is 8.78 Å². The largest absolute Gasteiger partial charge is 0.434 e. The van der Waals surface area contributed by atoms with Crippen LogP contribution in [0.1, 0.15) is 34.3 Å². The molecule has 0 aliphatic carbocycles. The highest BCUT2D eigenvalue weighted by Gasteiger charge is 2.28. The van der Waals surface area contributed by atoms with Crippen LogP contribution in [0, 0.1) is 13.8 Å². The van der Waals surface area contributed by atoms with Gasteiger partial charge in [0, 0.05) is 24.7 Å². The van der Waals surface area contributed by atoms with Gasteiger partial charge < -0.3 is 15.4 Å². The van der Waals surface area contributed by atoms with Gasteiger partial charge in [-0.1, -0.05) is 0 Å². The van der Waals surface area contributed by atoms with Crippen LogP contribution in [0.5, 0.6) is 5.75 Å². The van der Waals surface area contributed by atoms with Crippen LogP contribution >= 0.6 is 12.4 Å². The topological polar surface area (TPSA) is 55.6 Å². The maximum Gasteiger partial charge on any atom is 0.387 e. The van der Waals surface area contributed by atoms with E-state index in [0.29, 0.717) is 29.8 Å². The summed E-state index contributed by atoms with van der Waals surface area (Å²) in [5.74, 6) is 0.0380. The van der Waals surface area contributed by atoms with Gasteiger partial charge in [-0.2, -0.15) is 8.78 Å². The summed E-state index contributed by atoms with van der Waals surface area (Å²) < 4.78 is 29.2. The summed E-state index contributed by atoms with van der Waals surface area (Å²) in [5, 5.41) is 0. The molecule has 1 aliphatic rings. The molecule has 1 fully saturated rings. The highest BCUT2D eigenvalue weighted by atomic mass is 35.5. The molecule has 0 radical (unpaired) electrons. The molecule has 0 saturated carbocycles. The number of benzene rings is 1. The first kappa shape index (κ1) is 18.6. The van der Waals surface area contributed by atoms with E-state index >= 15 is 0 Å². The highest BCUT2D eigenvalue weighted by Crippen LogP contribution is 2.28. The minimum absolute atomic E-state index is 0. The van der Waals surface area contributed by atoms with E-state index in [-0.39, 0.29) is 30.1 Å². The number of carbonyl (C=O) groups is 1. The molecular formula is C15H21ClF2N2O2. The number of nitrogens with zero attached hydrogens (tertiary/aromatic N) is 1. The number of aryl methyl sites for hydroxylation is 2. The van der Waals surface area contributed by atoms with E-state index in [1.807, 2.05) is 0 Å². The molecule has 1 aromatic carbocycles. The third-order valence-electron chi connectivity index (χ3n) is 3.82. The van der Waals surface area contributed by atoms with Gasteiger partial charge in [-0.15, -0.1) is 12.4 Å². The van der Waals surface area contributed by atoms with Crippen LogP contribution in [-0.2, 0) is 0 Å². The molecule has 1 aromatic rings. The van der Waals surface area contributed by atoms with E-state index in [1.165, 1.54) is 0 Å². The van der Waals surface area contributed by atoms with Crippen molar-refractivity contribution in [2.45, 2.75) is 39.3 Å². The molecule has 4 nitrogen and oxygen atoms in total. The summed E-state index contributed by atoms with van der Waals surface area (Å²) in [5.41, 5.74) is 7.23. The van der Waals surface area contributed by atoms with Gasteiger partial charge in [0.15, 0.2) is 0 Å². The monoisotopic (exact) mass is 334 g/mol. The van der Waals surface area contributed by atoms with Crippen molar-refractivity contribution in [2.24, 2.45) is 5.73 Å². The SMILES string of the molecule is Cc1cc(C(=O)N2CCCC2CN)cc(C)c1OC(F)F.Cl. The second-order valence-electron chi connectivity index (χ2n) is 5.35. The Morgan fingerprint density at radius 2 is 2.00 bits per heavy atom. The summed E-state index contributed by atoms with van der Waals surface area (Å²) in [6.07, 6.45) is 1.85. The number of amides is 1. The average Bonchev–Trinajstić information content (AvgIpc) is 2.89. The van der Waals surface area contributed by atoms with E-state index in [1.54, 1.807) is 30.9 Å². The fraction of sp³-hybridized carbons (Fsp3) is 0.533. The van der Waals surface area contributed by atoms with Crippen LogP contribution in [0.25, 0.3) is 0 Å². The van der Waals surface area contributed by atoms with E-state index in [0.717, 1.165) is 12.8 Å². The van der Waals surface area contributed by atoms with Crippen LogP contribution in [0.2, 0.25) is 0 Å². The molecule has 0 spiro atoms. The molecular weight excluding hydrogens is 314 g/mol. The third kappa shape index (κ3) is 3.87. The standard InChI is InChI=1S/C15H20F2N2O2.ClH/c1-9-6-11(7-10(2)13(9)21-15(16)17)14(20)19-5-3-4-12(19)8-18;/h6-7,12,15H,3-5,8,18H2,1-2H3;1H. The average molecular weight is 335 g/mol. The molecule has 22 heavy (non-hydrogen) atoms. The molecule has 1 atom stereocenters. The van der Waals surface area contributed by atoms with Crippen LogP contribution in [0.3, 0.4) is 0 Å². The Bertz CT molecular complexity index is 517. The van der Waals surface area contributed by atoms with Crippen LogP contribution in [-0.4, -0.2) is 36.5 Å². The van der Waals surface area contributed by atoms with E-state index < -0.39 is 6.61 Å². The second-order valence-corrected chi connectivity index (χ2v) is 5.35. The first-order valence-corrected chi connectivity index (χ1v) is 7.01. The van der Waals surface area contributed by atoms with E-state index in [9.17, 15) is 13.6 Å². The van der Waals surface area contributed by atoms with Gasteiger partial charge in [-0.25, -0.2) is 0 Å². The van der Waals surface area contributed by atoms with Crippen LogP contribution < -0.4 is 10.5 Å². The van der Waals surface area contributed by atoms with Crippen molar-refractivity contribution < 1.29 is 18.3 Å². The quantitative estimate of drug-likeness (QED) is 0.921. The lowest BCUT2D eigenvalue weighted by atomic mass is 10.0. The molecule has 1 unspecified atom stereocenters. The zero-order valence-electron chi connectivity index (χ0n) is 12.6. The molecule has 2 rings (SSSR count). The smallest absolute Gasteiger partial charge is 0.387 e. The van der Waals surface area contributed by atoms with Gasteiger partial charge in [-0.05, 0) is 49.9 Å². The van der Waals surface area contributed by atoms with Crippen LogP contribution in [0.15, 0.2) is 12.1 Å². The number of rotatable bonds is 4. The van der Waals surface area contributed by atoms with Gasteiger partial charge >= 0.3 is 6.61 Å². The lowest BCUT2D eigenvalue weighted by molar-refractivity contribution is -0.0507. The highest BCUT2D eigenvalue weighted by molar-refractivity contribution is 5.95. The lowest BCUT2D eigenvalue weighted by Crippen LogP contribution is -2.39. The van der Waals surface area contributed by atoms with Gasteiger partial charge in [0.1, 0.15) is 5.75 Å². The normalized spacial score (nSPS) is 17.5. The van der Waals surface area contributed by atoms with Gasteiger partial charge in [-0.3, -0.25) is 4.79 Å². The Kier molecular flexibility index (Phi) is 6.56. The minimum Gasteiger partial charge on any atom is -0.434 e. The number of alkyl halides is 2. The Morgan fingerprint density at radius 3 is 2.50 bits per heavy atom.